The molecule has 0 aliphatic rings. The lowest BCUT2D eigenvalue weighted by Crippen LogP contribution is -2.14. The van der Waals surface area contributed by atoms with E-state index in [0.717, 1.165) is 34.6 Å². The van der Waals surface area contributed by atoms with Crippen LogP contribution in [0.2, 0.25) is 0 Å². The van der Waals surface area contributed by atoms with Crippen molar-refractivity contribution < 1.29 is 4.79 Å². The molecule has 7 nitrogen and oxygen atoms in total. The zero-order valence-electron chi connectivity index (χ0n) is 16.1. The maximum atomic E-state index is 12.5. The number of aryl methyl sites for hydroxylation is 1. The minimum absolute atomic E-state index is 0.120. The lowest BCUT2D eigenvalue weighted by molar-refractivity contribution is -0.113. The van der Waals surface area contributed by atoms with E-state index in [4.69, 9.17) is 0 Å². The van der Waals surface area contributed by atoms with Crippen LogP contribution in [0.4, 0.5) is 5.13 Å². The summed E-state index contributed by atoms with van der Waals surface area (Å²) in [4.78, 5) is 17.0. The Morgan fingerprint density at radius 3 is 2.63 bits per heavy atom. The molecule has 5 rings (SSSR count). The van der Waals surface area contributed by atoms with Gasteiger partial charge in [0.05, 0.1) is 22.5 Å². The minimum Gasteiger partial charge on any atom is -0.309 e. The highest BCUT2D eigenvalue weighted by molar-refractivity contribution is 7.99. The van der Waals surface area contributed by atoms with Gasteiger partial charge >= 0.3 is 0 Å². The van der Waals surface area contributed by atoms with Crippen molar-refractivity contribution >= 4 is 50.9 Å². The molecule has 150 valence electrons. The average Bonchev–Trinajstić information content (AvgIpc) is 3.48. The van der Waals surface area contributed by atoms with E-state index in [1.54, 1.807) is 0 Å². The number of thiazole rings is 1. The van der Waals surface area contributed by atoms with E-state index < -0.39 is 0 Å². The summed E-state index contributed by atoms with van der Waals surface area (Å²) in [6.07, 6.45) is 0. The first kappa shape index (κ1) is 18.8. The second kappa shape index (κ2) is 7.92. The van der Waals surface area contributed by atoms with E-state index in [0.29, 0.717) is 10.3 Å². The molecule has 30 heavy (non-hydrogen) atoms. The number of carbonyl (C=O) groups is 1. The Bertz CT molecular complexity index is 1340. The van der Waals surface area contributed by atoms with Gasteiger partial charge in [0.15, 0.2) is 10.3 Å². The van der Waals surface area contributed by atoms with Gasteiger partial charge in [0, 0.05) is 17.5 Å². The van der Waals surface area contributed by atoms with Gasteiger partial charge < -0.3 is 9.88 Å². The summed E-state index contributed by atoms with van der Waals surface area (Å²) in [6.45, 7) is 2.88. The fraction of sp³-hybridized carbons (Fsp3) is 0.143. The maximum Gasteiger partial charge on any atom is 0.237 e. The number of aromatic nitrogens is 5. The van der Waals surface area contributed by atoms with Crippen molar-refractivity contribution in [1.82, 2.24) is 24.1 Å². The van der Waals surface area contributed by atoms with Crippen LogP contribution in [-0.4, -0.2) is 35.8 Å². The van der Waals surface area contributed by atoms with E-state index in [1.807, 2.05) is 58.3 Å². The fourth-order valence-electron chi connectivity index (χ4n) is 3.40. The van der Waals surface area contributed by atoms with Gasteiger partial charge in [-0.3, -0.25) is 9.20 Å². The quantitative estimate of drug-likeness (QED) is 0.397. The van der Waals surface area contributed by atoms with Crippen molar-refractivity contribution in [2.45, 2.75) is 18.6 Å². The van der Waals surface area contributed by atoms with Crippen molar-refractivity contribution in [3.05, 3.63) is 60.0 Å². The standard InChI is InChI=1S/C21H18N6OS2/c1-2-26-16-10-6-7-11-17(16)27-20(26)24-25-21(27)30-13-18(28)23-19-22-15(12-29-19)14-8-4-3-5-9-14/h3-12H,2,13H2,1H3,(H,22,23,28). The van der Waals surface area contributed by atoms with E-state index in [-0.39, 0.29) is 11.7 Å². The number of nitrogens with zero attached hydrogens (tertiary/aromatic N) is 5. The molecule has 2 aromatic carbocycles. The SMILES string of the molecule is CCn1c2ccccc2n2c(SCC(=O)Nc3nc(-c4ccccc4)cs3)nnc12. The third-order valence-corrected chi connectivity index (χ3v) is 6.43. The Hall–Kier alpha value is -3.17. The molecule has 3 aromatic heterocycles. The smallest absolute Gasteiger partial charge is 0.237 e. The molecule has 0 aliphatic carbocycles. The highest BCUT2D eigenvalue weighted by Gasteiger charge is 2.17. The summed E-state index contributed by atoms with van der Waals surface area (Å²) in [5, 5.41) is 14.8. The largest absolute Gasteiger partial charge is 0.309 e. The van der Waals surface area contributed by atoms with Crippen LogP contribution in [0.1, 0.15) is 6.92 Å². The van der Waals surface area contributed by atoms with Crippen molar-refractivity contribution in [2.24, 2.45) is 0 Å². The molecule has 0 spiro atoms. The summed E-state index contributed by atoms with van der Waals surface area (Å²) in [5.74, 6) is 0.895. The topological polar surface area (TPSA) is 77.1 Å². The van der Waals surface area contributed by atoms with Crippen LogP contribution in [-0.2, 0) is 11.3 Å². The van der Waals surface area contributed by atoms with Gasteiger partial charge in [0.25, 0.3) is 0 Å². The van der Waals surface area contributed by atoms with Gasteiger partial charge in [-0.25, -0.2) is 4.98 Å². The zero-order chi connectivity index (χ0) is 20.5. The number of nitrogens with one attached hydrogen (secondary N) is 1. The van der Waals surface area contributed by atoms with Crippen molar-refractivity contribution in [2.75, 3.05) is 11.1 Å². The number of hydrogen-bond acceptors (Lipinski definition) is 6. The Morgan fingerprint density at radius 1 is 1.07 bits per heavy atom. The fourth-order valence-corrected chi connectivity index (χ4v) is 4.88. The second-order valence-electron chi connectivity index (χ2n) is 6.59. The van der Waals surface area contributed by atoms with Crippen LogP contribution in [0.15, 0.2) is 65.1 Å². The van der Waals surface area contributed by atoms with Gasteiger partial charge in [0.1, 0.15) is 0 Å². The molecule has 0 bridgehead atoms. The van der Waals surface area contributed by atoms with Crippen molar-refractivity contribution in [3.63, 3.8) is 0 Å². The van der Waals surface area contributed by atoms with E-state index >= 15 is 0 Å². The van der Waals surface area contributed by atoms with E-state index in [9.17, 15) is 4.79 Å². The first-order valence-electron chi connectivity index (χ1n) is 9.50. The van der Waals surface area contributed by atoms with E-state index in [1.165, 1.54) is 23.1 Å². The minimum atomic E-state index is -0.120. The number of thioether (sulfide) groups is 1. The van der Waals surface area contributed by atoms with Gasteiger partial charge in [0.2, 0.25) is 11.7 Å². The number of hydrogen-bond donors (Lipinski definition) is 1. The van der Waals surface area contributed by atoms with E-state index in [2.05, 4.69) is 38.1 Å². The average molecular weight is 435 g/mol. The number of carbonyl (C=O) groups excluding carboxylic acids is 1. The van der Waals surface area contributed by atoms with Crippen LogP contribution in [0.25, 0.3) is 28.1 Å². The highest BCUT2D eigenvalue weighted by atomic mass is 32.2. The Balaban J connectivity index is 1.31. The Morgan fingerprint density at radius 2 is 1.83 bits per heavy atom. The lowest BCUT2D eigenvalue weighted by Gasteiger charge is -2.01. The van der Waals surface area contributed by atoms with Gasteiger partial charge in [-0.15, -0.1) is 21.5 Å². The van der Waals surface area contributed by atoms with Gasteiger partial charge in [-0.1, -0.05) is 54.2 Å². The first-order chi connectivity index (χ1) is 14.7. The van der Waals surface area contributed by atoms with Crippen molar-refractivity contribution in [3.8, 4) is 11.3 Å². The summed E-state index contributed by atoms with van der Waals surface area (Å²) in [7, 11) is 0. The number of para-hydroxylation sites is 2. The van der Waals surface area contributed by atoms with Gasteiger partial charge in [-0.2, -0.15) is 0 Å². The summed E-state index contributed by atoms with van der Waals surface area (Å²) in [6, 6.07) is 18.0. The number of anilines is 1. The molecular weight excluding hydrogens is 416 g/mol. The Kier molecular flexibility index (Phi) is 4.97. The molecule has 5 aromatic rings. The molecule has 0 saturated carbocycles. The molecule has 0 atom stereocenters. The molecule has 0 fully saturated rings. The third kappa shape index (κ3) is 3.35. The number of benzene rings is 2. The lowest BCUT2D eigenvalue weighted by atomic mass is 10.2. The maximum absolute atomic E-state index is 12.5. The summed E-state index contributed by atoms with van der Waals surface area (Å²) in [5.41, 5.74) is 4.03. The third-order valence-electron chi connectivity index (χ3n) is 4.74. The summed E-state index contributed by atoms with van der Waals surface area (Å²) < 4.78 is 4.13. The van der Waals surface area contributed by atoms with Crippen molar-refractivity contribution in [1.29, 1.82) is 0 Å². The first-order valence-corrected chi connectivity index (χ1v) is 11.4. The molecule has 9 heteroatoms. The molecule has 1 amide bonds. The number of imidazole rings is 1. The monoisotopic (exact) mass is 434 g/mol. The molecule has 0 aliphatic heterocycles. The molecule has 1 N–H and O–H groups in total. The summed E-state index contributed by atoms with van der Waals surface area (Å²) >= 11 is 2.78. The van der Waals surface area contributed by atoms with Gasteiger partial charge in [-0.05, 0) is 19.1 Å². The van der Waals surface area contributed by atoms with Crippen LogP contribution in [0.3, 0.4) is 0 Å². The van der Waals surface area contributed by atoms with Crippen LogP contribution < -0.4 is 5.32 Å². The zero-order valence-corrected chi connectivity index (χ0v) is 17.8. The second-order valence-corrected chi connectivity index (χ2v) is 8.39. The molecular formula is C21H18N6OS2. The molecule has 0 unspecified atom stereocenters. The normalized spacial score (nSPS) is 11.4. The predicted octanol–water partition coefficient (Wildman–Crippen LogP) is 4.56. The predicted molar refractivity (Wildman–Crippen MR) is 121 cm³/mol. The van der Waals surface area contributed by atoms with Crippen LogP contribution in [0.5, 0.6) is 0 Å². The Labute approximate surface area is 180 Å². The highest BCUT2D eigenvalue weighted by Crippen LogP contribution is 2.27. The molecule has 3 heterocycles. The molecule has 0 radical (unpaired) electrons. The van der Waals surface area contributed by atoms with Crippen LogP contribution >= 0.6 is 23.1 Å². The number of rotatable bonds is 6. The number of amides is 1. The number of fused-ring (bicyclic) bond motifs is 3. The molecule has 0 saturated heterocycles. The van der Waals surface area contributed by atoms with Crippen LogP contribution in [0, 0.1) is 0 Å².